The molecule has 0 spiro atoms. The Morgan fingerprint density at radius 2 is 1.90 bits per heavy atom. The molecule has 30 heavy (non-hydrogen) atoms. The Bertz CT molecular complexity index is 1030. The van der Waals surface area contributed by atoms with Gasteiger partial charge in [0.2, 0.25) is 5.91 Å². The standard InChI is InChI=1S/C21H23FN4O3S/c1-4-26-19(12-14-9-10-17(28-2)18(11-14)29-3)24-25-21(26)30-13-20(27)23-16-8-6-5-7-15(16)22/h5-11H,4,12-13H2,1-3H3,(H,23,27). The van der Waals surface area contributed by atoms with Crippen LogP contribution in [-0.2, 0) is 17.8 Å². The van der Waals surface area contributed by atoms with Crippen molar-refractivity contribution in [2.75, 3.05) is 25.3 Å². The van der Waals surface area contributed by atoms with Crippen molar-refractivity contribution in [3.05, 3.63) is 59.7 Å². The van der Waals surface area contributed by atoms with E-state index < -0.39 is 5.82 Å². The van der Waals surface area contributed by atoms with Gasteiger partial charge in [-0.3, -0.25) is 4.79 Å². The summed E-state index contributed by atoms with van der Waals surface area (Å²) in [6.07, 6.45) is 0.559. The van der Waals surface area contributed by atoms with Crippen LogP contribution in [0, 0.1) is 5.82 Å². The van der Waals surface area contributed by atoms with Gasteiger partial charge in [0.25, 0.3) is 0 Å². The maximum Gasteiger partial charge on any atom is 0.234 e. The van der Waals surface area contributed by atoms with Crippen molar-refractivity contribution < 1.29 is 18.7 Å². The van der Waals surface area contributed by atoms with Crippen molar-refractivity contribution in [2.45, 2.75) is 25.0 Å². The number of nitrogens with one attached hydrogen (secondary N) is 1. The van der Waals surface area contributed by atoms with Crippen LogP contribution in [0.1, 0.15) is 18.3 Å². The van der Waals surface area contributed by atoms with Crippen molar-refractivity contribution in [3.63, 3.8) is 0 Å². The van der Waals surface area contributed by atoms with Gasteiger partial charge in [0.1, 0.15) is 11.6 Å². The third-order valence-electron chi connectivity index (χ3n) is 4.40. The Morgan fingerprint density at radius 3 is 2.60 bits per heavy atom. The molecule has 1 amide bonds. The zero-order valence-electron chi connectivity index (χ0n) is 17.0. The molecule has 0 aliphatic heterocycles. The predicted molar refractivity (Wildman–Crippen MR) is 114 cm³/mol. The predicted octanol–water partition coefficient (Wildman–Crippen LogP) is 3.78. The highest BCUT2D eigenvalue weighted by Crippen LogP contribution is 2.29. The van der Waals surface area contributed by atoms with Gasteiger partial charge in [-0.2, -0.15) is 0 Å². The molecule has 1 N–H and O–H groups in total. The number of anilines is 1. The second-order valence-electron chi connectivity index (χ2n) is 6.33. The second-order valence-corrected chi connectivity index (χ2v) is 7.27. The number of hydrogen-bond acceptors (Lipinski definition) is 6. The number of carbonyl (C=O) groups excluding carboxylic acids is 1. The number of benzene rings is 2. The highest BCUT2D eigenvalue weighted by molar-refractivity contribution is 7.99. The molecule has 0 aliphatic carbocycles. The minimum atomic E-state index is -0.468. The highest BCUT2D eigenvalue weighted by atomic mass is 32.2. The van der Waals surface area contributed by atoms with E-state index in [1.54, 1.807) is 26.4 Å². The molecule has 0 radical (unpaired) electrons. The molecule has 0 unspecified atom stereocenters. The van der Waals surface area contributed by atoms with E-state index in [-0.39, 0.29) is 17.3 Å². The summed E-state index contributed by atoms with van der Waals surface area (Å²) in [5.41, 5.74) is 1.16. The Morgan fingerprint density at radius 1 is 1.13 bits per heavy atom. The maximum absolute atomic E-state index is 13.7. The summed E-state index contributed by atoms with van der Waals surface area (Å²) >= 11 is 1.26. The van der Waals surface area contributed by atoms with E-state index in [9.17, 15) is 9.18 Å². The average Bonchev–Trinajstić information content (AvgIpc) is 3.15. The van der Waals surface area contributed by atoms with Gasteiger partial charge in [-0.15, -0.1) is 10.2 Å². The molecule has 3 aromatic rings. The molecule has 2 aromatic carbocycles. The zero-order valence-corrected chi connectivity index (χ0v) is 17.8. The number of nitrogens with zero attached hydrogens (tertiary/aromatic N) is 3. The number of hydrogen-bond donors (Lipinski definition) is 1. The van der Waals surface area contributed by atoms with Gasteiger partial charge in [0, 0.05) is 13.0 Å². The van der Waals surface area contributed by atoms with Gasteiger partial charge >= 0.3 is 0 Å². The van der Waals surface area contributed by atoms with E-state index in [1.807, 2.05) is 29.7 Å². The van der Waals surface area contributed by atoms with Crippen LogP contribution in [0.25, 0.3) is 0 Å². The van der Waals surface area contributed by atoms with Crippen molar-refractivity contribution in [1.29, 1.82) is 0 Å². The normalized spacial score (nSPS) is 10.7. The minimum absolute atomic E-state index is 0.100. The van der Waals surface area contributed by atoms with Crippen LogP contribution < -0.4 is 14.8 Å². The van der Waals surface area contributed by atoms with Gasteiger partial charge in [0.05, 0.1) is 25.7 Å². The molecule has 1 heterocycles. The smallest absolute Gasteiger partial charge is 0.234 e. The van der Waals surface area contributed by atoms with E-state index in [0.717, 1.165) is 11.4 Å². The molecule has 0 saturated carbocycles. The monoisotopic (exact) mass is 430 g/mol. The number of para-hydroxylation sites is 1. The summed E-state index contributed by atoms with van der Waals surface area (Å²) in [5, 5.41) is 11.7. The molecule has 158 valence electrons. The lowest BCUT2D eigenvalue weighted by Crippen LogP contribution is -2.15. The summed E-state index contributed by atoms with van der Waals surface area (Å²) in [4.78, 5) is 12.2. The van der Waals surface area contributed by atoms with Gasteiger partial charge in [-0.05, 0) is 36.8 Å². The number of ether oxygens (including phenoxy) is 2. The first kappa shape index (κ1) is 21.6. The van der Waals surface area contributed by atoms with Crippen molar-refractivity contribution in [3.8, 4) is 11.5 Å². The maximum atomic E-state index is 13.7. The lowest BCUT2D eigenvalue weighted by Gasteiger charge is -2.10. The molecule has 9 heteroatoms. The van der Waals surface area contributed by atoms with Crippen molar-refractivity contribution >= 4 is 23.4 Å². The van der Waals surface area contributed by atoms with Gasteiger partial charge in [-0.1, -0.05) is 30.0 Å². The Balaban J connectivity index is 1.67. The van der Waals surface area contributed by atoms with Gasteiger partial charge < -0.3 is 19.4 Å². The van der Waals surface area contributed by atoms with Crippen molar-refractivity contribution in [2.24, 2.45) is 0 Å². The molecular formula is C21H23FN4O3S. The summed E-state index contributed by atoms with van der Waals surface area (Å²) in [6.45, 7) is 2.65. The largest absolute Gasteiger partial charge is 0.493 e. The second kappa shape index (κ2) is 10.1. The first-order valence-electron chi connectivity index (χ1n) is 9.35. The molecule has 0 atom stereocenters. The molecule has 1 aromatic heterocycles. The number of aromatic nitrogens is 3. The van der Waals surface area contributed by atoms with Crippen LogP contribution in [0.2, 0.25) is 0 Å². The summed E-state index contributed by atoms with van der Waals surface area (Å²) in [5.74, 6) is 1.42. The molecule has 0 aliphatic rings. The van der Waals surface area contributed by atoms with E-state index in [0.29, 0.717) is 29.6 Å². The molecule has 0 saturated heterocycles. The number of carbonyl (C=O) groups is 1. The Kier molecular flexibility index (Phi) is 7.29. The van der Waals surface area contributed by atoms with E-state index in [4.69, 9.17) is 9.47 Å². The fourth-order valence-corrected chi connectivity index (χ4v) is 3.75. The number of rotatable bonds is 9. The SMILES string of the molecule is CCn1c(Cc2ccc(OC)c(OC)c2)nnc1SCC(=O)Nc1ccccc1F. The topological polar surface area (TPSA) is 78.3 Å². The summed E-state index contributed by atoms with van der Waals surface area (Å²) < 4.78 is 26.3. The molecule has 0 fully saturated rings. The van der Waals surface area contributed by atoms with Crippen LogP contribution in [0.15, 0.2) is 47.6 Å². The van der Waals surface area contributed by atoms with Crippen LogP contribution in [0.3, 0.4) is 0 Å². The van der Waals surface area contributed by atoms with Crippen LogP contribution in [0.5, 0.6) is 11.5 Å². The van der Waals surface area contributed by atoms with Gasteiger partial charge in [-0.25, -0.2) is 4.39 Å². The minimum Gasteiger partial charge on any atom is -0.493 e. The van der Waals surface area contributed by atoms with Crippen LogP contribution >= 0.6 is 11.8 Å². The van der Waals surface area contributed by atoms with Crippen molar-refractivity contribution in [1.82, 2.24) is 14.8 Å². The molecule has 3 rings (SSSR count). The number of amides is 1. The van der Waals surface area contributed by atoms with E-state index in [1.165, 1.54) is 23.9 Å². The molecule has 0 bridgehead atoms. The highest BCUT2D eigenvalue weighted by Gasteiger charge is 2.15. The first-order valence-corrected chi connectivity index (χ1v) is 10.3. The Hall–Kier alpha value is -3.07. The number of methoxy groups -OCH3 is 2. The number of thioether (sulfide) groups is 1. The fourth-order valence-electron chi connectivity index (χ4n) is 2.93. The first-order chi connectivity index (χ1) is 14.5. The van der Waals surface area contributed by atoms with Crippen LogP contribution in [-0.4, -0.2) is 40.6 Å². The average molecular weight is 431 g/mol. The Labute approximate surface area is 178 Å². The third-order valence-corrected chi connectivity index (χ3v) is 5.37. The lowest BCUT2D eigenvalue weighted by atomic mass is 10.1. The quantitative estimate of drug-likeness (QED) is 0.521. The zero-order chi connectivity index (χ0) is 21.5. The fraction of sp³-hybridized carbons (Fsp3) is 0.286. The molecule has 7 nitrogen and oxygen atoms in total. The molecular weight excluding hydrogens is 407 g/mol. The third kappa shape index (κ3) is 5.10. The lowest BCUT2D eigenvalue weighted by molar-refractivity contribution is -0.113. The van der Waals surface area contributed by atoms with Crippen LogP contribution in [0.4, 0.5) is 10.1 Å². The number of halogens is 1. The van der Waals surface area contributed by atoms with E-state index in [2.05, 4.69) is 15.5 Å². The van der Waals surface area contributed by atoms with Gasteiger partial charge in [0.15, 0.2) is 16.7 Å². The summed E-state index contributed by atoms with van der Waals surface area (Å²) in [7, 11) is 3.19. The summed E-state index contributed by atoms with van der Waals surface area (Å²) in [6, 6.07) is 11.8. The van der Waals surface area contributed by atoms with E-state index >= 15 is 0 Å².